The van der Waals surface area contributed by atoms with E-state index >= 15 is 0 Å². The molecule has 0 aliphatic heterocycles. The number of ether oxygens (including phenoxy) is 1. The highest BCUT2D eigenvalue weighted by Crippen LogP contribution is 2.55. The molecule has 178 valence electrons. The fourth-order valence-corrected chi connectivity index (χ4v) is 3.34. The van der Waals surface area contributed by atoms with E-state index < -0.39 is 42.1 Å². The SMILES string of the molecule is NC(=O)c1nc(-c2ccccc2)n(-c2ccc(Cl)c(COC3=CC(F)(F)C(F)(F)C3(F)F)c2)n1. The van der Waals surface area contributed by atoms with Crippen LogP contribution in [-0.4, -0.2) is 38.4 Å². The van der Waals surface area contributed by atoms with Crippen LogP contribution in [0.15, 0.2) is 60.4 Å². The van der Waals surface area contributed by atoms with Gasteiger partial charge in [-0.2, -0.15) is 26.3 Å². The summed E-state index contributed by atoms with van der Waals surface area (Å²) >= 11 is 6.06. The predicted octanol–water partition coefficient (Wildman–Crippen LogP) is 5.01. The van der Waals surface area contributed by atoms with Crippen LogP contribution in [0.4, 0.5) is 26.3 Å². The van der Waals surface area contributed by atoms with Crippen LogP contribution in [0.25, 0.3) is 17.1 Å². The lowest BCUT2D eigenvalue weighted by Crippen LogP contribution is -2.48. The number of nitrogens with two attached hydrogens (primary N) is 1. The first-order valence-electron chi connectivity index (χ1n) is 9.46. The molecule has 4 rings (SSSR count). The number of halogens is 7. The van der Waals surface area contributed by atoms with Gasteiger partial charge in [0, 0.05) is 22.2 Å². The fraction of sp³-hybridized carbons (Fsp3) is 0.190. The zero-order chi connectivity index (χ0) is 24.9. The molecule has 0 radical (unpaired) electrons. The molecule has 13 heteroatoms. The van der Waals surface area contributed by atoms with Gasteiger partial charge in [0.25, 0.3) is 5.91 Å². The van der Waals surface area contributed by atoms with Crippen LogP contribution in [-0.2, 0) is 11.3 Å². The number of aromatic nitrogens is 3. The maximum absolute atomic E-state index is 13.8. The zero-order valence-electron chi connectivity index (χ0n) is 16.8. The fourth-order valence-electron chi connectivity index (χ4n) is 3.17. The Morgan fingerprint density at radius 3 is 2.32 bits per heavy atom. The molecule has 2 N–H and O–H groups in total. The van der Waals surface area contributed by atoms with E-state index in [2.05, 4.69) is 14.8 Å². The average molecular weight is 503 g/mol. The highest BCUT2D eigenvalue weighted by molar-refractivity contribution is 6.31. The summed E-state index contributed by atoms with van der Waals surface area (Å²) in [6.45, 7) is -0.835. The van der Waals surface area contributed by atoms with E-state index in [1.807, 2.05) is 0 Å². The van der Waals surface area contributed by atoms with Gasteiger partial charge in [0.2, 0.25) is 5.82 Å². The van der Waals surface area contributed by atoms with Crippen LogP contribution in [0, 0.1) is 0 Å². The molecule has 0 unspecified atom stereocenters. The third-order valence-corrected chi connectivity index (χ3v) is 5.32. The predicted molar refractivity (Wildman–Crippen MR) is 108 cm³/mol. The number of carbonyl (C=O) groups is 1. The molecule has 0 spiro atoms. The van der Waals surface area contributed by atoms with Crippen LogP contribution in [0.1, 0.15) is 16.2 Å². The molecular weight excluding hydrogens is 490 g/mol. The molecule has 0 saturated carbocycles. The number of alkyl halides is 6. The standard InChI is InChI=1S/C21H13ClF6N4O2/c22-14-7-6-13(32-18(11-4-2-1-3-5-11)30-17(31-32)16(29)33)8-12(14)10-34-15-9-19(23,24)21(27,28)20(15,25)26/h1-9H,10H2,(H2,29,33). The maximum Gasteiger partial charge on any atom is 0.383 e. The second-order valence-electron chi connectivity index (χ2n) is 7.25. The Labute approximate surface area is 192 Å². The molecule has 0 saturated heterocycles. The van der Waals surface area contributed by atoms with E-state index in [1.165, 1.54) is 22.9 Å². The molecule has 2 aromatic carbocycles. The van der Waals surface area contributed by atoms with Gasteiger partial charge >= 0.3 is 17.8 Å². The van der Waals surface area contributed by atoms with Crippen molar-refractivity contribution in [3.8, 4) is 17.1 Å². The van der Waals surface area contributed by atoms with Gasteiger partial charge in [-0.15, -0.1) is 5.10 Å². The Balaban J connectivity index is 1.69. The third-order valence-electron chi connectivity index (χ3n) is 4.95. The van der Waals surface area contributed by atoms with Crippen LogP contribution in [0.5, 0.6) is 0 Å². The van der Waals surface area contributed by atoms with Crippen LogP contribution in [0.3, 0.4) is 0 Å². The summed E-state index contributed by atoms with van der Waals surface area (Å²) < 4.78 is 87.1. The minimum absolute atomic E-state index is 0.00969. The van der Waals surface area contributed by atoms with E-state index in [0.29, 0.717) is 5.56 Å². The number of benzene rings is 2. The molecule has 1 aliphatic rings. The summed E-state index contributed by atoms with van der Waals surface area (Å²) in [7, 11) is 0. The number of amides is 1. The van der Waals surface area contributed by atoms with Gasteiger partial charge in [-0.1, -0.05) is 41.9 Å². The topological polar surface area (TPSA) is 83.0 Å². The van der Waals surface area contributed by atoms with Gasteiger partial charge in [-0.25, -0.2) is 9.67 Å². The van der Waals surface area contributed by atoms with E-state index in [-0.39, 0.29) is 27.9 Å². The zero-order valence-corrected chi connectivity index (χ0v) is 17.5. The number of nitrogens with zero attached hydrogens (tertiary/aromatic N) is 3. The van der Waals surface area contributed by atoms with Crippen molar-refractivity contribution in [2.75, 3.05) is 0 Å². The first-order chi connectivity index (χ1) is 15.8. The van der Waals surface area contributed by atoms with Crippen molar-refractivity contribution in [1.82, 2.24) is 14.8 Å². The van der Waals surface area contributed by atoms with Crippen molar-refractivity contribution in [3.63, 3.8) is 0 Å². The maximum atomic E-state index is 13.8. The first-order valence-corrected chi connectivity index (χ1v) is 9.83. The van der Waals surface area contributed by atoms with E-state index in [1.54, 1.807) is 30.3 Å². The van der Waals surface area contributed by atoms with Crippen molar-refractivity contribution >= 4 is 17.5 Å². The largest absolute Gasteiger partial charge is 0.487 e. The second-order valence-corrected chi connectivity index (χ2v) is 7.65. The van der Waals surface area contributed by atoms with Crippen LogP contribution < -0.4 is 5.73 Å². The van der Waals surface area contributed by atoms with E-state index in [9.17, 15) is 31.1 Å². The first kappa shape index (κ1) is 23.6. The number of hydrogen-bond donors (Lipinski definition) is 1. The highest BCUT2D eigenvalue weighted by Gasteiger charge is 2.78. The second kappa shape index (κ2) is 8.05. The molecule has 0 bridgehead atoms. The third kappa shape index (κ3) is 3.77. The summed E-state index contributed by atoms with van der Waals surface area (Å²) in [4.78, 5) is 15.7. The minimum atomic E-state index is -5.64. The normalized spacial score (nSPS) is 17.9. The Morgan fingerprint density at radius 1 is 1.06 bits per heavy atom. The van der Waals surface area contributed by atoms with Crippen molar-refractivity contribution in [1.29, 1.82) is 0 Å². The summed E-state index contributed by atoms with van der Waals surface area (Å²) in [5.41, 5.74) is 6.04. The summed E-state index contributed by atoms with van der Waals surface area (Å²) in [5.74, 6) is -18.8. The van der Waals surface area contributed by atoms with Crippen LogP contribution >= 0.6 is 11.6 Å². The lowest BCUT2D eigenvalue weighted by atomic mass is 10.1. The van der Waals surface area contributed by atoms with Crippen molar-refractivity contribution in [3.05, 3.63) is 76.8 Å². The number of primary amides is 1. The monoisotopic (exact) mass is 502 g/mol. The average Bonchev–Trinajstić information content (AvgIpc) is 3.27. The molecule has 0 fully saturated rings. The lowest BCUT2D eigenvalue weighted by molar-refractivity contribution is -0.270. The molecule has 0 atom stereocenters. The number of allylic oxidation sites excluding steroid dienone is 2. The van der Waals surface area contributed by atoms with Gasteiger partial charge < -0.3 is 10.5 Å². The molecule has 1 heterocycles. The Bertz CT molecular complexity index is 1290. The van der Waals surface area contributed by atoms with E-state index in [4.69, 9.17) is 17.3 Å². The molecule has 3 aromatic rings. The van der Waals surface area contributed by atoms with Gasteiger partial charge in [0.1, 0.15) is 6.61 Å². The Hall–Kier alpha value is -3.54. The molecule has 1 amide bonds. The van der Waals surface area contributed by atoms with Gasteiger partial charge in [-0.3, -0.25) is 4.79 Å². The number of rotatable bonds is 6. The number of hydrogen-bond acceptors (Lipinski definition) is 4. The minimum Gasteiger partial charge on any atom is -0.487 e. The van der Waals surface area contributed by atoms with Gasteiger partial charge in [0.15, 0.2) is 11.6 Å². The summed E-state index contributed by atoms with van der Waals surface area (Å²) in [6, 6.07) is 12.6. The van der Waals surface area contributed by atoms with Crippen molar-refractivity contribution < 1.29 is 35.9 Å². The van der Waals surface area contributed by atoms with Gasteiger partial charge in [0.05, 0.1) is 5.69 Å². The molecule has 1 aliphatic carbocycles. The van der Waals surface area contributed by atoms with Crippen LogP contribution in [0.2, 0.25) is 5.02 Å². The Morgan fingerprint density at radius 2 is 1.74 bits per heavy atom. The molecular formula is C21H13ClF6N4O2. The molecule has 34 heavy (non-hydrogen) atoms. The molecule has 1 aromatic heterocycles. The molecule has 6 nitrogen and oxygen atoms in total. The quantitative estimate of drug-likeness (QED) is 0.481. The van der Waals surface area contributed by atoms with Crippen molar-refractivity contribution in [2.24, 2.45) is 5.73 Å². The van der Waals surface area contributed by atoms with Gasteiger partial charge in [-0.05, 0) is 18.2 Å². The lowest BCUT2D eigenvalue weighted by Gasteiger charge is -2.24. The smallest absolute Gasteiger partial charge is 0.383 e. The number of carbonyl (C=O) groups excluding carboxylic acids is 1. The summed E-state index contributed by atoms with van der Waals surface area (Å²) in [5, 5.41) is 4.02. The Kier molecular flexibility index (Phi) is 5.59. The summed E-state index contributed by atoms with van der Waals surface area (Å²) in [6.07, 6.45) is -0.602. The van der Waals surface area contributed by atoms with Crippen molar-refractivity contribution in [2.45, 2.75) is 24.4 Å². The highest BCUT2D eigenvalue weighted by atomic mass is 35.5. The van der Waals surface area contributed by atoms with E-state index in [0.717, 1.165) is 0 Å².